The van der Waals surface area contributed by atoms with Crippen LogP contribution in [-0.2, 0) is 9.53 Å². The molecule has 10 heteroatoms. The summed E-state index contributed by atoms with van der Waals surface area (Å²) in [5.74, 6) is -1.44. The Bertz CT molecular complexity index is 1010. The van der Waals surface area contributed by atoms with Crippen LogP contribution in [0, 0.1) is 26.1 Å². The van der Waals surface area contributed by atoms with Crippen molar-refractivity contribution in [1.82, 2.24) is 0 Å². The van der Waals surface area contributed by atoms with E-state index in [9.17, 15) is 25.0 Å². The molecule has 3 atom stereocenters. The van der Waals surface area contributed by atoms with Crippen LogP contribution < -0.4 is 5.32 Å². The third-order valence-corrected chi connectivity index (χ3v) is 4.94. The predicted octanol–water partition coefficient (Wildman–Crippen LogP) is 2.07. The molecule has 0 bridgehead atoms. The summed E-state index contributed by atoms with van der Waals surface area (Å²) < 4.78 is 4.90. The largest absolute Gasteiger partial charge is 0.468 e. The van der Waals surface area contributed by atoms with Gasteiger partial charge in [-0.15, -0.1) is 0 Å². The van der Waals surface area contributed by atoms with Gasteiger partial charge in [-0.05, 0) is 19.1 Å². The number of aliphatic imine (C=N–C) groups is 1. The van der Waals surface area contributed by atoms with Gasteiger partial charge in [0.05, 0.1) is 22.5 Å². The maximum absolute atomic E-state index is 12.5. The lowest BCUT2D eigenvalue weighted by Gasteiger charge is -2.31. The number of benzene rings is 2. The molecule has 0 amide bonds. The van der Waals surface area contributed by atoms with Crippen LogP contribution in [0.3, 0.4) is 0 Å². The highest BCUT2D eigenvalue weighted by atomic mass is 16.6. The van der Waals surface area contributed by atoms with Crippen molar-refractivity contribution in [2.45, 2.75) is 19.1 Å². The number of quaternary nitrogens is 1. The first-order chi connectivity index (χ1) is 13.8. The fraction of sp³-hybridized carbons (Fsp3) is 0.263. The first-order valence-electron chi connectivity index (χ1n) is 8.79. The highest BCUT2D eigenvalue weighted by molar-refractivity contribution is 6.02. The number of methoxy groups -OCH3 is 1. The second kappa shape index (κ2) is 8.15. The molecule has 1 unspecified atom stereocenters. The molecule has 0 saturated carbocycles. The molecule has 2 aromatic rings. The van der Waals surface area contributed by atoms with E-state index in [2.05, 4.69) is 4.99 Å². The van der Waals surface area contributed by atoms with Crippen molar-refractivity contribution >= 4 is 23.1 Å². The fourth-order valence-electron chi connectivity index (χ4n) is 3.65. The Morgan fingerprint density at radius 1 is 1.00 bits per heavy atom. The lowest BCUT2D eigenvalue weighted by molar-refractivity contribution is -0.739. The van der Waals surface area contributed by atoms with Gasteiger partial charge < -0.3 is 10.1 Å². The van der Waals surface area contributed by atoms with E-state index in [4.69, 9.17) is 4.74 Å². The van der Waals surface area contributed by atoms with Crippen LogP contribution >= 0.6 is 0 Å². The minimum atomic E-state index is -0.861. The normalized spacial score (nSPS) is 21.2. The minimum absolute atomic E-state index is 0.108. The zero-order valence-electron chi connectivity index (χ0n) is 15.7. The summed E-state index contributed by atoms with van der Waals surface area (Å²) in [6.45, 7) is 1.62. The van der Waals surface area contributed by atoms with Crippen LogP contribution in [0.15, 0.2) is 53.5 Å². The van der Waals surface area contributed by atoms with Crippen molar-refractivity contribution < 1.29 is 24.7 Å². The summed E-state index contributed by atoms with van der Waals surface area (Å²) in [6.07, 6.45) is -0.734. The molecule has 0 aliphatic carbocycles. The van der Waals surface area contributed by atoms with Crippen LogP contribution in [0.25, 0.3) is 0 Å². The fourth-order valence-corrected chi connectivity index (χ4v) is 3.65. The van der Waals surface area contributed by atoms with Crippen molar-refractivity contribution in [2.75, 3.05) is 7.11 Å². The van der Waals surface area contributed by atoms with Crippen molar-refractivity contribution in [3.05, 3.63) is 79.9 Å². The van der Waals surface area contributed by atoms with Crippen LogP contribution in [0.1, 0.15) is 30.3 Å². The van der Waals surface area contributed by atoms with E-state index in [0.29, 0.717) is 16.8 Å². The quantitative estimate of drug-likeness (QED) is 0.463. The molecule has 2 N–H and O–H groups in total. The van der Waals surface area contributed by atoms with Crippen molar-refractivity contribution in [3.8, 4) is 0 Å². The monoisotopic (exact) mass is 399 g/mol. The van der Waals surface area contributed by atoms with Crippen molar-refractivity contribution in [1.29, 1.82) is 0 Å². The van der Waals surface area contributed by atoms with Gasteiger partial charge in [-0.3, -0.25) is 25.0 Å². The van der Waals surface area contributed by atoms with E-state index in [1.54, 1.807) is 42.6 Å². The van der Waals surface area contributed by atoms with E-state index >= 15 is 0 Å². The Hall–Kier alpha value is -3.66. The van der Waals surface area contributed by atoms with Gasteiger partial charge in [0.2, 0.25) is 6.17 Å². The molecular weight excluding hydrogens is 380 g/mol. The van der Waals surface area contributed by atoms with Crippen LogP contribution in [0.5, 0.6) is 0 Å². The van der Waals surface area contributed by atoms with Gasteiger partial charge in [0.25, 0.3) is 11.4 Å². The number of rotatable bonds is 5. The summed E-state index contributed by atoms with van der Waals surface area (Å²) in [5, 5.41) is 24.6. The first-order valence-corrected chi connectivity index (χ1v) is 8.79. The van der Waals surface area contributed by atoms with Gasteiger partial charge >= 0.3 is 5.97 Å². The molecule has 10 nitrogen and oxygen atoms in total. The highest BCUT2D eigenvalue weighted by Gasteiger charge is 2.45. The van der Waals surface area contributed by atoms with Crippen LogP contribution in [-0.4, -0.2) is 28.6 Å². The number of nitrogens with two attached hydrogens (primary N) is 1. The summed E-state index contributed by atoms with van der Waals surface area (Å²) in [4.78, 5) is 38.9. The molecule has 0 aromatic heterocycles. The number of nitro groups is 2. The minimum Gasteiger partial charge on any atom is -0.468 e. The van der Waals surface area contributed by atoms with E-state index in [-0.39, 0.29) is 11.4 Å². The predicted molar refractivity (Wildman–Crippen MR) is 102 cm³/mol. The Balaban J connectivity index is 2.15. The van der Waals surface area contributed by atoms with Gasteiger partial charge in [0.1, 0.15) is 11.6 Å². The molecule has 1 aliphatic heterocycles. The number of hydrogen-bond donors (Lipinski definition) is 1. The Morgan fingerprint density at radius 3 is 2.07 bits per heavy atom. The van der Waals surface area contributed by atoms with E-state index in [1.807, 2.05) is 0 Å². The second-order valence-corrected chi connectivity index (χ2v) is 6.57. The SMILES string of the molecule is COC(=O)C1C(C)=N[C@H](c2ccccc2[N+](=O)[O-])[NH2+][C@H]1c1ccccc1[N+](=O)[O-]. The maximum atomic E-state index is 12.5. The first kappa shape index (κ1) is 20.1. The maximum Gasteiger partial charge on any atom is 0.320 e. The molecule has 1 aliphatic rings. The third kappa shape index (κ3) is 3.83. The number of carbonyl (C=O) groups excluding carboxylic acids is 1. The molecule has 0 saturated heterocycles. The number of hydrogen-bond acceptors (Lipinski definition) is 7. The van der Waals surface area contributed by atoms with Crippen LogP contribution in [0.2, 0.25) is 0 Å². The van der Waals surface area contributed by atoms with Gasteiger partial charge in [-0.2, -0.15) is 0 Å². The average Bonchev–Trinajstić information content (AvgIpc) is 2.72. The van der Waals surface area contributed by atoms with Crippen molar-refractivity contribution in [2.24, 2.45) is 10.9 Å². The standard InChI is InChI=1S/C19H18N4O6/c1-11-16(19(24)29-2)17(12-7-3-5-9-14(12)22(25)26)21-18(20-11)13-8-4-6-10-15(13)23(27)28/h3-10,16-18,21H,1-2H3/p+1/t16?,17-,18-/m0/s1. The molecule has 29 heavy (non-hydrogen) atoms. The van der Waals surface area contributed by atoms with Gasteiger partial charge in [-0.25, -0.2) is 4.99 Å². The van der Waals surface area contributed by atoms with E-state index in [1.165, 1.54) is 25.3 Å². The molecule has 1 heterocycles. The van der Waals surface area contributed by atoms with E-state index in [0.717, 1.165) is 0 Å². The van der Waals surface area contributed by atoms with Gasteiger partial charge in [-0.1, -0.05) is 24.3 Å². The number of nitro benzene ring substituents is 2. The summed E-state index contributed by atoms with van der Waals surface area (Å²) >= 11 is 0. The molecule has 3 rings (SSSR count). The lowest BCUT2D eigenvalue weighted by atomic mass is 9.86. The number of nitrogens with zero attached hydrogens (tertiary/aromatic N) is 3. The van der Waals surface area contributed by atoms with E-state index < -0.39 is 33.9 Å². The molecular formula is C19H19N4O6+. The molecule has 0 radical (unpaired) electrons. The molecule has 2 aromatic carbocycles. The average molecular weight is 399 g/mol. The third-order valence-electron chi connectivity index (χ3n) is 4.94. The van der Waals surface area contributed by atoms with Gasteiger partial charge in [0, 0.05) is 17.8 Å². The number of carbonyl (C=O) groups is 1. The highest BCUT2D eigenvalue weighted by Crippen LogP contribution is 2.34. The summed E-state index contributed by atoms with van der Waals surface area (Å²) in [6, 6.07) is 11.6. The van der Waals surface area contributed by atoms with Crippen LogP contribution in [0.4, 0.5) is 11.4 Å². The summed E-state index contributed by atoms with van der Waals surface area (Å²) in [7, 11) is 1.24. The summed E-state index contributed by atoms with van der Waals surface area (Å²) in [5.41, 5.74) is 0.821. The molecule has 0 spiro atoms. The van der Waals surface area contributed by atoms with Crippen molar-refractivity contribution in [3.63, 3.8) is 0 Å². The molecule has 150 valence electrons. The Labute approximate surface area is 165 Å². The number of esters is 1. The zero-order chi connectivity index (χ0) is 21.1. The Kier molecular flexibility index (Phi) is 5.64. The smallest absolute Gasteiger partial charge is 0.320 e. The van der Waals surface area contributed by atoms with Gasteiger partial charge in [0.15, 0.2) is 5.92 Å². The zero-order valence-corrected chi connectivity index (χ0v) is 15.7. The molecule has 0 fully saturated rings. The number of ether oxygens (including phenoxy) is 1. The topological polar surface area (TPSA) is 142 Å². The Morgan fingerprint density at radius 2 is 1.52 bits per heavy atom. The second-order valence-electron chi connectivity index (χ2n) is 6.57. The number of para-hydroxylation sites is 2. The lowest BCUT2D eigenvalue weighted by Crippen LogP contribution is -2.89.